The summed E-state index contributed by atoms with van der Waals surface area (Å²) in [6, 6.07) is 11.4. The average molecular weight is 295 g/mol. The van der Waals surface area contributed by atoms with E-state index in [1.807, 2.05) is 19.1 Å². The summed E-state index contributed by atoms with van der Waals surface area (Å²) in [6.07, 6.45) is 0. The maximum atomic E-state index is 12.1. The Kier molecular flexibility index (Phi) is 3.25. The van der Waals surface area contributed by atoms with Crippen LogP contribution in [-0.4, -0.2) is 29.7 Å². The van der Waals surface area contributed by atoms with Crippen molar-refractivity contribution in [3.63, 3.8) is 0 Å². The highest BCUT2D eigenvalue weighted by atomic mass is 16.5. The minimum absolute atomic E-state index is 0.228. The Labute approximate surface area is 127 Å². The van der Waals surface area contributed by atoms with Crippen molar-refractivity contribution in [3.8, 4) is 5.75 Å². The number of aryl methyl sites for hydroxylation is 1. The molecule has 0 fully saturated rings. The van der Waals surface area contributed by atoms with Gasteiger partial charge in [-0.2, -0.15) is 0 Å². The average Bonchev–Trinajstić information content (AvgIpc) is 2.74. The Bertz CT molecular complexity index is 793. The van der Waals surface area contributed by atoms with Crippen molar-refractivity contribution in [2.45, 2.75) is 6.92 Å². The number of esters is 1. The molecule has 0 atom stereocenters. The number of nitrogens with zero attached hydrogens (tertiary/aromatic N) is 1. The van der Waals surface area contributed by atoms with Crippen LogP contribution in [0, 0.1) is 6.92 Å². The number of rotatable bonds is 2. The second-order valence-corrected chi connectivity index (χ2v) is 5.13. The van der Waals surface area contributed by atoms with Crippen LogP contribution in [0.5, 0.6) is 5.75 Å². The standard InChI is InChI=1S/C17H13NO4/c1-10-3-6-12(7-4-10)22-17(21)11-5-8-13-14(9-11)16(20)18(2)15(13)19/h3-9H,1-2H3. The summed E-state index contributed by atoms with van der Waals surface area (Å²) >= 11 is 0. The molecule has 1 aliphatic rings. The van der Waals surface area contributed by atoms with Crippen molar-refractivity contribution in [2.24, 2.45) is 0 Å². The predicted octanol–water partition coefficient (Wildman–Crippen LogP) is 2.44. The first-order chi connectivity index (χ1) is 10.5. The van der Waals surface area contributed by atoms with Gasteiger partial charge in [-0.25, -0.2) is 4.79 Å². The lowest BCUT2D eigenvalue weighted by atomic mass is 10.1. The van der Waals surface area contributed by atoms with Gasteiger partial charge in [0.1, 0.15) is 5.75 Å². The third-order valence-corrected chi connectivity index (χ3v) is 3.56. The number of ether oxygens (including phenoxy) is 1. The number of benzene rings is 2. The number of hydrogen-bond acceptors (Lipinski definition) is 4. The molecular formula is C17H13NO4. The van der Waals surface area contributed by atoms with Gasteiger partial charge in [0.05, 0.1) is 16.7 Å². The Balaban J connectivity index is 1.87. The molecule has 0 bridgehead atoms. The van der Waals surface area contributed by atoms with E-state index >= 15 is 0 Å². The van der Waals surface area contributed by atoms with Crippen LogP contribution in [0.3, 0.4) is 0 Å². The Morgan fingerprint density at radius 2 is 1.59 bits per heavy atom. The first-order valence-corrected chi connectivity index (χ1v) is 6.72. The quantitative estimate of drug-likeness (QED) is 0.485. The highest BCUT2D eigenvalue weighted by Crippen LogP contribution is 2.23. The van der Waals surface area contributed by atoms with Gasteiger partial charge in [0.2, 0.25) is 0 Å². The molecule has 0 aliphatic carbocycles. The zero-order valence-corrected chi connectivity index (χ0v) is 12.1. The fraction of sp³-hybridized carbons (Fsp3) is 0.118. The zero-order chi connectivity index (χ0) is 15.9. The lowest BCUT2D eigenvalue weighted by Gasteiger charge is -2.05. The Hall–Kier alpha value is -2.95. The van der Waals surface area contributed by atoms with Crippen LogP contribution in [0.4, 0.5) is 0 Å². The maximum absolute atomic E-state index is 12.1. The maximum Gasteiger partial charge on any atom is 0.343 e. The van der Waals surface area contributed by atoms with Crippen molar-refractivity contribution in [3.05, 3.63) is 64.7 Å². The second-order valence-electron chi connectivity index (χ2n) is 5.13. The minimum atomic E-state index is -0.568. The molecule has 0 aromatic heterocycles. The molecule has 2 amide bonds. The van der Waals surface area contributed by atoms with E-state index in [1.165, 1.54) is 25.2 Å². The van der Waals surface area contributed by atoms with Gasteiger partial charge in [-0.1, -0.05) is 17.7 Å². The summed E-state index contributed by atoms with van der Waals surface area (Å²) in [5.74, 6) is -0.916. The number of amides is 2. The van der Waals surface area contributed by atoms with Gasteiger partial charge in [-0.15, -0.1) is 0 Å². The second kappa shape index (κ2) is 5.11. The molecule has 2 aromatic rings. The molecule has 0 N–H and O–H groups in total. The Morgan fingerprint density at radius 3 is 2.27 bits per heavy atom. The van der Waals surface area contributed by atoms with Gasteiger partial charge in [-0.3, -0.25) is 14.5 Å². The van der Waals surface area contributed by atoms with E-state index in [2.05, 4.69) is 0 Å². The molecule has 0 unspecified atom stereocenters. The molecule has 0 spiro atoms. The van der Waals surface area contributed by atoms with E-state index < -0.39 is 11.9 Å². The van der Waals surface area contributed by atoms with Crippen LogP contribution in [0.1, 0.15) is 36.6 Å². The number of carbonyl (C=O) groups is 3. The summed E-state index contributed by atoms with van der Waals surface area (Å²) in [5.41, 5.74) is 1.82. The molecule has 5 nitrogen and oxygen atoms in total. The summed E-state index contributed by atoms with van der Waals surface area (Å²) in [5, 5.41) is 0. The van der Waals surface area contributed by atoms with Gasteiger partial charge in [0, 0.05) is 7.05 Å². The van der Waals surface area contributed by atoms with Crippen LogP contribution in [-0.2, 0) is 0 Å². The number of carbonyl (C=O) groups excluding carboxylic acids is 3. The van der Waals surface area contributed by atoms with E-state index in [1.54, 1.807) is 12.1 Å². The smallest absolute Gasteiger partial charge is 0.343 e. The largest absolute Gasteiger partial charge is 0.423 e. The fourth-order valence-electron chi connectivity index (χ4n) is 2.26. The van der Waals surface area contributed by atoms with Gasteiger partial charge < -0.3 is 4.74 Å². The zero-order valence-electron chi connectivity index (χ0n) is 12.1. The molecule has 1 aliphatic heterocycles. The van der Waals surface area contributed by atoms with Crippen LogP contribution < -0.4 is 4.74 Å². The van der Waals surface area contributed by atoms with Crippen LogP contribution in [0.25, 0.3) is 0 Å². The lowest BCUT2D eigenvalue weighted by molar-refractivity contribution is 0.0691. The number of hydrogen-bond donors (Lipinski definition) is 0. The number of imide groups is 1. The third kappa shape index (κ3) is 2.26. The van der Waals surface area contributed by atoms with Crippen LogP contribution in [0.15, 0.2) is 42.5 Å². The first kappa shape index (κ1) is 14.0. The van der Waals surface area contributed by atoms with Crippen molar-refractivity contribution < 1.29 is 19.1 Å². The first-order valence-electron chi connectivity index (χ1n) is 6.72. The van der Waals surface area contributed by atoms with E-state index in [-0.39, 0.29) is 17.0 Å². The summed E-state index contributed by atoms with van der Waals surface area (Å²) in [4.78, 5) is 36.9. The van der Waals surface area contributed by atoms with E-state index in [4.69, 9.17) is 4.74 Å². The molecule has 5 heteroatoms. The van der Waals surface area contributed by atoms with Crippen LogP contribution in [0.2, 0.25) is 0 Å². The highest BCUT2D eigenvalue weighted by molar-refractivity contribution is 6.21. The van der Waals surface area contributed by atoms with E-state index in [9.17, 15) is 14.4 Å². The third-order valence-electron chi connectivity index (χ3n) is 3.56. The summed E-state index contributed by atoms with van der Waals surface area (Å²) in [6.45, 7) is 1.94. The Morgan fingerprint density at radius 1 is 0.955 bits per heavy atom. The van der Waals surface area contributed by atoms with Gasteiger partial charge in [0.15, 0.2) is 0 Å². The summed E-state index contributed by atoms with van der Waals surface area (Å²) in [7, 11) is 1.41. The van der Waals surface area contributed by atoms with E-state index in [0.717, 1.165) is 10.5 Å². The molecule has 0 saturated carbocycles. The van der Waals surface area contributed by atoms with E-state index in [0.29, 0.717) is 11.3 Å². The molecule has 22 heavy (non-hydrogen) atoms. The summed E-state index contributed by atoms with van der Waals surface area (Å²) < 4.78 is 5.26. The normalized spacial score (nSPS) is 13.3. The molecule has 3 rings (SSSR count). The van der Waals surface area contributed by atoms with Crippen molar-refractivity contribution in [2.75, 3.05) is 7.05 Å². The van der Waals surface area contributed by atoms with Crippen molar-refractivity contribution in [1.82, 2.24) is 4.90 Å². The topological polar surface area (TPSA) is 63.7 Å². The van der Waals surface area contributed by atoms with Crippen molar-refractivity contribution in [1.29, 1.82) is 0 Å². The lowest BCUT2D eigenvalue weighted by Crippen LogP contribution is -2.24. The van der Waals surface area contributed by atoms with Crippen LogP contribution >= 0.6 is 0 Å². The molecule has 0 saturated heterocycles. The van der Waals surface area contributed by atoms with Gasteiger partial charge >= 0.3 is 5.97 Å². The SMILES string of the molecule is Cc1ccc(OC(=O)c2ccc3c(c2)C(=O)N(C)C3=O)cc1. The molecular weight excluding hydrogens is 282 g/mol. The highest BCUT2D eigenvalue weighted by Gasteiger charge is 2.33. The number of fused-ring (bicyclic) bond motifs is 1. The monoisotopic (exact) mass is 295 g/mol. The molecule has 1 heterocycles. The van der Waals surface area contributed by atoms with Gasteiger partial charge in [0.25, 0.3) is 11.8 Å². The predicted molar refractivity (Wildman–Crippen MR) is 79.0 cm³/mol. The fourth-order valence-corrected chi connectivity index (χ4v) is 2.26. The van der Waals surface area contributed by atoms with Crippen molar-refractivity contribution >= 4 is 17.8 Å². The van der Waals surface area contributed by atoms with Gasteiger partial charge in [-0.05, 0) is 37.3 Å². The molecule has 2 aromatic carbocycles. The molecule has 110 valence electrons. The molecule has 0 radical (unpaired) electrons. The minimum Gasteiger partial charge on any atom is -0.423 e.